The van der Waals surface area contributed by atoms with Crippen LogP contribution in [0.5, 0.6) is 5.75 Å². The second-order valence-corrected chi connectivity index (χ2v) is 4.54. The Morgan fingerprint density at radius 3 is 2.76 bits per heavy atom. The Kier molecular flexibility index (Phi) is 3.31. The first-order valence-electron chi connectivity index (χ1n) is 5.99. The Hall–Kier alpha value is -1.58. The Morgan fingerprint density at radius 1 is 1.53 bits per heavy atom. The third kappa shape index (κ3) is 2.75. The number of rotatable bonds is 4. The van der Waals surface area contributed by atoms with E-state index in [1.54, 1.807) is 25.2 Å². The second-order valence-electron chi connectivity index (χ2n) is 4.54. The van der Waals surface area contributed by atoms with Crippen molar-refractivity contribution in [2.24, 2.45) is 0 Å². The van der Waals surface area contributed by atoms with Crippen molar-refractivity contribution in [1.29, 1.82) is 0 Å². The molecule has 0 saturated heterocycles. The highest BCUT2D eigenvalue weighted by Crippen LogP contribution is 2.29. The van der Waals surface area contributed by atoms with Crippen LogP contribution in [0, 0.1) is 0 Å². The molecule has 4 heteroatoms. The van der Waals surface area contributed by atoms with Gasteiger partial charge in [0.25, 0.3) is 5.91 Å². The van der Waals surface area contributed by atoms with Crippen LogP contribution in [0.25, 0.3) is 0 Å². The van der Waals surface area contributed by atoms with Crippen LogP contribution in [-0.2, 0) is 6.42 Å². The monoisotopic (exact) mass is 234 g/mol. The van der Waals surface area contributed by atoms with Crippen LogP contribution < -0.4 is 4.74 Å². The molecular formula is C13H18N2O2. The third-order valence-corrected chi connectivity index (χ3v) is 2.74. The van der Waals surface area contributed by atoms with Crippen LogP contribution in [0.3, 0.4) is 0 Å². The van der Waals surface area contributed by atoms with Crippen molar-refractivity contribution in [3.05, 3.63) is 23.5 Å². The maximum Gasteiger partial charge on any atom is 0.257 e. The van der Waals surface area contributed by atoms with Gasteiger partial charge in [0.1, 0.15) is 0 Å². The fraction of sp³-hybridized carbons (Fsp3) is 0.538. The lowest BCUT2D eigenvalue weighted by molar-refractivity contribution is 0.0822. The van der Waals surface area contributed by atoms with Crippen molar-refractivity contribution in [2.45, 2.75) is 32.3 Å². The van der Waals surface area contributed by atoms with Crippen molar-refractivity contribution in [3.8, 4) is 5.75 Å². The van der Waals surface area contributed by atoms with E-state index in [9.17, 15) is 4.79 Å². The number of hydrogen-bond donors (Lipinski definition) is 0. The molecule has 0 unspecified atom stereocenters. The number of aryl methyl sites for hydroxylation is 1. The number of pyridine rings is 1. The van der Waals surface area contributed by atoms with Crippen LogP contribution in [-0.4, -0.2) is 36.0 Å². The summed E-state index contributed by atoms with van der Waals surface area (Å²) in [4.78, 5) is 17.9. The summed E-state index contributed by atoms with van der Waals surface area (Å²) in [5, 5.41) is 0. The van der Waals surface area contributed by atoms with E-state index >= 15 is 0 Å². The largest absolute Gasteiger partial charge is 0.488 e. The van der Waals surface area contributed by atoms with E-state index in [4.69, 9.17) is 4.74 Å². The summed E-state index contributed by atoms with van der Waals surface area (Å²) < 4.78 is 5.72. The number of nitrogens with zero attached hydrogens (tertiary/aromatic N) is 2. The minimum atomic E-state index is -0.0299. The van der Waals surface area contributed by atoms with Gasteiger partial charge in [-0.05, 0) is 25.3 Å². The molecule has 1 amide bonds. The standard InChI is InChI=1S/C13H18N2O2/c1-4-9-7-11(13(16)15(2)3)12(8-14-9)17-10-5-6-10/h7-8,10H,4-6H2,1-3H3. The number of carbonyl (C=O) groups excluding carboxylic acids is 1. The van der Waals surface area contributed by atoms with Gasteiger partial charge in [-0.3, -0.25) is 9.78 Å². The van der Waals surface area contributed by atoms with Gasteiger partial charge in [0.05, 0.1) is 17.9 Å². The first-order chi connectivity index (χ1) is 8.11. The Bertz CT molecular complexity index is 425. The normalized spacial score (nSPS) is 14.5. The number of carbonyl (C=O) groups is 1. The Labute approximate surface area is 102 Å². The van der Waals surface area contributed by atoms with Gasteiger partial charge in [-0.1, -0.05) is 6.92 Å². The molecule has 0 aromatic carbocycles. The lowest BCUT2D eigenvalue weighted by atomic mass is 10.1. The van der Waals surface area contributed by atoms with Crippen molar-refractivity contribution in [3.63, 3.8) is 0 Å². The zero-order valence-corrected chi connectivity index (χ0v) is 10.6. The lowest BCUT2D eigenvalue weighted by Crippen LogP contribution is -2.23. The van der Waals surface area contributed by atoms with Crippen LogP contribution in [0.2, 0.25) is 0 Å². The minimum absolute atomic E-state index is 0.0299. The molecule has 4 nitrogen and oxygen atoms in total. The summed E-state index contributed by atoms with van der Waals surface area (Å²) >= 11 is 0. The van der Waals surface area contributed by atoms with E-state index < -0.39 is 0 Å². The van der Waals surface area contributed by atoms with Crippen molar-refractivity contribution >= 4 is 5.91 Å². The fourth-order valence-electron chi connectivity index (χ4n) is 1.55. The van der Waals surface area contributed by atoms with E-state index in [1.807, 2.05) is 13.0 Å². The maximum atomic E-state index is 12.1. The first kappa shape index (κ1) is 11.9. The van der Waals surface area contributed by atoms with Crippen LogP contribution in [0.4, 0.5) is 0 Å². The van der Waals surface area contributed by atoms with Crippen LogP contribution >= 0.6 is 0 Å². The molecule has 0 atom stereocenters. The second kappa shape index (κ2) is 4.73. The zero-order valence-electron chi connectivity index (χ0n) is 10.6. The molecule has 0 bridgehead atoms. The molecule has 2 rings (SSSR count). The maximum absolute atomic E-state index is 12.1. The Morgan fingerprint density at radius 2 is 2.24 bits per heavy atom. The first-order valence-corrected chi connectivity index (χ1v) is 5.99. The molecule has 0 aliphatic heterocycles. The number of ether oxygens (including phenoxy) is 1. The number of amides is 1. The van der Waals surface area contributed by atoms with E-state index in [0.717, 1.165) is 25.0 Å². The van der Waals surface area contributed by atoms with Crippen molar-refractivity contribution in [1.82, 2.24) is 9.88 Å². The molecule has 1 fully saturated rings. The quantitative estimate of drug-likeness (QED) is 0.799. The third-order valence-electron chi connectivity index (χ3n) is 2.74. The van der Waals surface area contributed by atoms with Crippen molar-refractivity contribution in [2.75, 3.05) is 14.1 Å². The molecule has 1 aromatic rings. The molecule has 92 valence electrons. The molecule has 1 aromatic heterocycles. The van der Waals surface area contributed by atoms with Gasteiger partial charge in [0.15, 0.2) is 5.75 Å². The molecule has 1 aliphatic carbocycles. The van der Waals surface area contributed by atoms with E-state index in [1.165, 1.54) is 0 Å². The number of hydrogen-bond acceptors (Lipinski definition) is 3. The van der Waals surface area contributed by atoms with E-state index in [0.29, 0.717) is 11.3 Å². The summed E-state index contributed by atoms with van der Waals surface area (Å²) in [6.07, 6.45) is 4.92. The smallest absolute Gasteiger partial charge is 0.257 e. The van der Waals surface area contributed by atoms with Gasteiger partial charge < -0.3 is 9.64 Å². The molecule has 1 heterocycles. The number of aromatic nitrogens is 1. The summed E-state index contributed by atoms with van der Waals surface area (Å²) in [6.45, 7) is 2.02. The molecule has 17 heavy (non-hydrogen) atoms. The van der Waals surface area contributed by atoms with Gasteiger partial charge in [-0.15, -0.1) is 0 Å². The highest BCUT2D eigenvalue weighted by molar-refractivity contribution is 5.96. The average Bonchev–Trinajstić information content (AvgIpc) is 3.12. The summed E-state index contributed by atoms with van der Waals surface area (Å²) in [5.41, 5.74) is 1.53. The van der Waals surface area contributed by atoms with Gasteiger partial charge in [0.2, 0.25) is 0 Å². The highest BCUT2D eigenvalue weighted by atomic mass is 16.5. The molecule has 1 aliphatic rings. The van der Waals surface area contributed by atoms with E-state index in [-0.39, 0.29) is 12.0 Å². The molecule has 0 N–H and O–H groups in total. The van der Waals surface area contributed by atoms with Gasteiger partial charge in [-0.2, -0.15) is 0 Å². The molecule has 0 spiro atoms. The van der Waals surface area contributed by atoms with Crippen LogP contribution in [0.1, 0.15) is 35.8 Å². The molecular weight excluding hydrogens is 216 g/mol. The van der Waals surface area contributed by atoms with Gasteiger partial charge in [-0.25, -0.2) is 0 Å². The van der Waals surface area contributed by atoms with Crippen molar-refractivity contribution < 1.29 is 9.53 Å². The fourth-order valence-corrected chi connectivity index (χ4v) is 1.55. The average molecular weight is 234 g/mol. The predicted octanol–water partition coefficient (Wildman–Crippen LogP) is 1.89. The minimum Gasteiger partial charge on any atom is -0.488 e. The van der Waals surface area contributed by atoms with Crippen LogP contribution in [0.15, 0.2) is 12.3 Å². The molecule has 1 saturated carbocycles. The predicted molar refractivity (Wildman–Crippen MR) is 65.3 cm³/mol. The lowest BCUT2D eigenvalue weighted by Gasteiger charge is -2.15. The summed E-state index contributed by atoms with van der Waals surface area (Å²) in [5.74, 6) is 0.584. The Balaban J connectivity index is 2.31. The van der Waals surface area contributed by atoms with Gasteiger partial charge in [0, 0.05) is 19.8 Å². The van der Waals surface area contributed by atoms with E-state index in [2.05, 4.69) is 4.98 Å². The summed E-state index contributed by atoms with van der Waals surface area (Å²) in [7, 11) is 3.49. The van der Waals surface area contributed by atoms with Gasteiger partial charge >= 0.3 is 0 Å². The molecule has 0 radical (unpaired) electrons. The zero-order chi connectivity index (χ0) is 12.4. The topological polar surface area (TPSA) is 42.4 Å². The highest BCUT2D eigenvalue weighted by Gasteiger charge is 2.26. The SMILES string of the molecule is CCc1cc(C(=O)N(C)C)c(OC2CC2)cn1. The summed E-state index contributed by atoms with van der Waals surface area (Å²) in [6, 6.07) is 1.83.